The summed E-state index contributed by atoms with van der Waals surface area (Å²) in [6.07, 6.45) is 1.64. The Morgan fingerprint density at radius 1 is 0.909 bits per heavy atom. The third-order valence-corrected chi connectivity index (χ3v) is 6.41. The average Bonchev–Trinajstić information content (AvgIpc) is 2.87. The zero-order chi connectivity index (χ0) is 22.9. The molecule has 0 spiro atoms. The third kappa shape index (κ3) is 6.70. The van der Waals surface area contributed by atoms with E-state index in [1.807, 2.05) is 61.5 Å². The normalized spacial score (nSPS) is 12.0. The lowest BCUT2D eigenvalue weighted by Gasteiger charge is -2.09. The summed E-state index contributed by atoms with van der Waals surface area (Å²) in [5.74, 6) is 1.47. The van der Waals surface area contributed by atoms with Gasteiger partial charge in [-0.05, 0) is 64.7 Å². The van der Waals surface area contributed by atoms with E-state index in [4.69, 9.17) is 4.74 Å². The summed E-state index contributed by atoms with van der Waals surface area (Å²) in [4.78, 5) is 12.2. The molecule has 0 aliphatic carbocycles. The highest BCUT2D eigenvalue weighted by Crippen LogP contribution is 2.19. The lowest BCUT2D eigenvalue weighted by molar-refractivity contribution is -0.120. The van der Waals surface area contributed by atoms with Crippen LogP contribution in [0.1, 0.15) is 23.6 Å². The molecule has 0 aliphatic heterocycles. The molecule has 0 aromatic heterocycles. The highest BCUT2D eigenvalue weighted by molar-refractivity contribution is 7.99. The van der Waals surface area contributed by atoms with Crippen LogP contribution in [0.4, 0.5) is 0 Å². The van der Waals surface area contributed by atoms with Crippen molar-refractivity contribution in [2.45, 2.75) is 24.5 Å². The van der Waals surface area contributed by atoms with Crippen LogP contribution in [0.3, 0.4) is 0 Å². The van der Waals surface area contributed by atoms with E-state index in [1.54, 1.807) is 18.0 Å². The second kappa shape index (κ2) is 11.3. The zero-order valence-electron chi connectivity index (χ0n) is 18.5. The van der Waals surface area contributed by atoms with Crippen LogP contribution in [0.15, 0.2) is 102 Å². The monoisotopic (exact) mass is 454 g/mol. The van der Waals surface area contributed by atoms with Gasteiger partial charge in [-0.2, -0.15) is 5.10 Å². The Labute approximate surface area is 198 Å². The quantitative estimate of drug-likeness (QED) is 0.242. The van der Waals surface area contributed by atoms with Gasteiger partial charge in [0.25, 0.3) is 5.91 Å². The predicted molar refractivity (Wildman–Crippen MR) is 138 cm³/mol. The number of thioether (sulfide) groups is 1. The van der Waals surface area contributed by atoms with Crippen molar-refractivity contribution in [2.24, 2.45) is 5.10 Å². The van der Waals surface area contributed by atoms with Crippen molar-refractivity contribution in [1.82, 2.24) is 5.43 Å². The van der Waals surface area contributed by atoms with Gasteiger partial charge < -0.3 is 4.74 Å². The lowest BCUT2D eigenvalue weighted by Crippen LogP contribution is -2.26. The lowest BCUT2D eigenvalue weighted by atomic mass is 10.1. The molecule has 5 heteroatoms. The first kappa shape index (κ1) is 22.6. The minimum absolute atomic E-state index is 0.109. The summed E-state index contributed by atoms with van der Waals surface area (Å²) in [6, 6.07) is 32.4. The van der Waals surface area contributed by atoms with E-state index < -0.39 is 0 Å². The van der Waals surface area contributed by atoms with Crippen LogP contribution in [0.5, 0.6) is 5.75 Å². The molecule has 4 aromatic carbocycles. The van der Waals surface area contributed by atoms with Gasteiger partial charge in [0, 0.05) is 5.75 Å². The molecule has 0 bridgehead atoms. The number of carbonyl (C=O) groups excluding carboxylic acids is 1. The van der Waals surface area contributed by atoms with Crippen molar-refractivity contribution in [3.05, 3.63) is 114 Å². The van der Waals surface area contributed by atoms with Crippen molar-refractivity contribution in [3.63, 3.8) is 0 Å². The van der Waals surface area contributed by atoms with Crippen molar-refractivity contribution in [1.29, 1.82) is 0 Å². The molecule has 4 nitrogen and oxygen atoms in total. The molecule has 0 heterocycles. The molecule has 4 rings (SSSR count). The van der Waals surface area contributed by atoms with Crippen molar-refractivity contribution in [2.75, 3.05) is 0 Å². The standard InChI is InChI=1S/C28H26N2O2S/c1-21(33-20-23-7-3-2-4-8-23)28(31)30-29-18-22-12-15-27(16-13-22)32-19-24-11-14-25-9-5-6-10-26(25)17-24/h2-18,21H,19-20H2,1H3,(H,30,31)/b29-18-/t21-/m1/s1. The van der Waals surface area contributed by atoms with E-state index >= 15 is 0 Å². The largest absolute Gasteiger partial charge is 0.489 e. The Morgan fingerprint density at radius 3 is 2.42 bits per heavy atom. The maximum absolute atomic E-state index is 12.2. The Hall–Kier alpha value is -3.57. The van der Waals surface area contributed by atoms with Crippen molar-refractivity contribution < 1.29 is 9.53 Å². The van der Waals surface area contributed by atoms with Crippen LogP contribution in [-0.2, 0) is 17.2 Å². The van der Waals surface area contributed by atoms with Crippen LogP contribution in [0, 0.1) is 0 Å². The molecule has 0 fully saturated rings. The van der Waals surface area contributed by atoms with Gasteiger partial charge >= 0.3 is 0 Å². The van der Waals surface area contributed by atoms with E-state index in [1.165, 1.54) is 16.3 Å². The Balaban J connectivity index is 1.23. The Morgan fingerprint density at radius 2 is 1.64 bits per heavy atom. The minimum Gasteiger partial charge on any atom is -0.489 e. The zero-order valence-corrected chi connectivity index (χ0v) is 19.3. The molecule has 0 saturated heterocycles. The smallest absolute Gasteiger partial charge is 0.252 e. The van der Waals surface area contributed by atoms with E-state index in [-0.39, 0.29) is 11.2 Å². The number of carbonyl (C=O) groups is 1. The van der Waals surface area contributed by atoms with Crippen LogP contribution >= 0.6 is 11.8 Å². The first-order valence-electron chi connectivity index (χ1n) is 10.9. The van der Waals surface area contributed by atoms with Crippen molar-refractivity contribution in [3.8, 4) is 5.75 Å². The van der Waals surface area contributed by atoms with Crippen LogP contribution in [0.2, 0.25) is 0 Å². The fourth-order valence-electron chi connectivity index (χ4n) is 3.28. The summed E-state index contributed by atoms with van der Waals surface area (Å²) in [5.41, 5.74) is 5.84. The molecule has 0 unspecified atom stereocenters. The van der Waals surface area contributed by atoms with E-state index in [0.717, 1.165) is 22.6 Å². The number of nitrogens with zero attached hydrogens (tertiary/aromatic N) is 1. The second-order valence-corrected chi connectivity index (χ2v) is 9.04. The van der Waals surface area contributed by atoms with Crippen LogP contribution < -0.4 is 10.2 Å². The first-order valence-corrected chi connectivity index (χ1v) is 11.9. The minimum atomic E-state index is -0.187. The number of ether oxygens (including phenoxy) is 1. The van der Waals surface area contributed by atoms with Gasteiger partial charge in [0.15, 0.2) is 0 Å². The van der Waals surface area contributed by atoms with Gasteiger partial charge in [0.1, 0.15) is 12.4 Å². The van der Waals surface area contributed by atoms with Crippen molar-refractivity contribution >= 4 is 34.7 Å². The summed E-state index contributed by atoms with van der Waals surface area (Å²) in [5, 5.41) is 6.34. The molecule has 4 aromatic rings. The van der Waals surface area contributed by atoms with Gasteiger partial charge in [-0.3, -0.25) is 4.79 Å². The molecular formula is C28H26N2O2S. The van der Waals surface area contributed by atoms with Gasteiger partial charge in [0.2, 0.25) is 0 Å². The summed E-state index contributed by atoms with van der Waals surface area (Å²) < 4.78 is 5.92. The molecule has 1 N–H and O–H groups in total. The fraction of sp³-hybridized carbons (Fsp3) is 0.143. The maximum atomic E-state index is 12.2. The highest BCUT2D eigenvalue weighted by atomic mass is 32.2. The number of hydrogen-bond acceptors (Lipinski definition) is 4. The van der Waals surface area contributed by atoms with Gasteiger partial charge in [-0.1, -0.05) is 66.7 Å². The molecule has 0 saturated carbocycles. The van der Waals surface area contributed by atoms with Crippen LogP contribution in [-0.4, -0.2) is 17.4 Å². The summed E-state index contributed by atoms with van der Waals surface area (Å²) >= 11 is 1.59. The van der Waals surface area contributed by atoms with E-state index in [0.29, 0.717) is 6.61 Å². The molecule has 166 valence electrons. The average molecular weight is 455 g/mol. The van der Waals surface area contributed by atoms with E-state index in [9.17, 15) is 4.79 Å². The summed E-state index contributed by atoms with van der Waals surface area (Å²) in [7, 11) is 0. The van der Waals surface area contributed by atoms with Gasteiger partial charge in [-0.15, -0.1) is 11.8 Å². The number of amides is 1. The number of hydrazone groups is 1. The SMILES string of the molecule is C[C@@H](SCc1ccccc1)C(=O)N/N=C\c1ccc(OCc2ccc3ccccc3c2)cc1. The number of fused-ring (bicyclic) bond motifs is 1. The fourth-order valence-corrected chi connectivity index (χ4v) is 4.12. The van der Waals surface area contributed by atoms with Gasteiger partial charge in [0.05, 0.1) is 11.5 Å². The van der Waals surface area contributed by atoms with E-state index in [2.05, 4.69) is 53.0 Å². The molecule has 0 radical (unpaired) electrons. The molecule has 0 aliphatic rings. The summed E-state index contributed by atoms with van der Waals surface area (Å²) in [6.45, 7) is 2.40. The van der Waals surface area contributed by atoms with Crippen LogP contribution in [0.25, 0.3) is 10.8 Å². The molecular weight excluding hydrogens is 428 g/mol. The number of hydrogen-bond donors (Lipinski definition) is 1. The highest BCUT2D eigenvalue weighted by Gasteiger charge is 2.12. The Bertz CT molecular complexity index is 1220. The molecule has 1 amide bonds. The number of benzene rings is 4. The Kier molecular flexibility index (Phi) is 7.77. The molecule has 33 heavy (non-hydrogen) atoms. The predicted octanol–water partition coefficient (Wildman–Crippen LogP) is 6.19. The third-order valence-electron chi connectivity index (χ3n) is 5.20. The number of nitrogens with one attached hydrogen (secondary N) is 1. The molecule has 1 atom stereocenters. The number of rotatable bonds is 9. The maximum Gasteiger partial charge on any atom is 0.252 e. The second-order valence-electron chi connectivity index (χ2n) is 7.71. The van der Waals surface area contributed by atoms with Gasteiger partial charge in [-0.25, -0.2) is 5.43 Å². The topological polar surface area (TPSA) is 50.7 Å². The first-order chi connectivity index (χ1) is 16.2.